The summed E-state index contributed by atoms with van der Waals surface area (Å²) in [5.41, 5.74) is 0.784. The summed E-state index contributed by atoms with van der Waals surface area (Å²) < 4.78 is 22.4. The van der Waals surface area contributed by atoms with Gasteiger partial charge in [0.05, 0.1) is 31.0 Å². The van der Waals surface area contributed by atoms with Gasteiger partial charge in [0, 0.05) is 11.9 Å². The fraction of sp³-hybridized carbons (Fsp3) is 0.600. The maximum atomic E-state index is 6.06. The molecule has 0 radical (unpaired) electrons. The first-order valence-electron chi connectivity index (χ1n) is 7.36. The van der Waals surface area contributed by atoms with Crippen LogP contribution in [0.5, 0.6) is 11.9 Å². The summed E-state index contributed by atoms with van der Waals surface area (Å²) in [5, 5.41) is 0. The molecule has 1 aliphatic rings. The highest BCUT2D eigenvalue weighted by Crippen LogP contribution is 2.39. The molecule has 2 heterocycles. The molecule has 0 spiro atoms. The zero-order valence-electron chi connectivity index (χ0n) is 14.4. The van der Waals surface area contributed by atoms with Crippen molar-refractivity contribution in [1.29, 1.82) is 0 Å². The van der Waals surface area contributed by atoms with Gasteiger partial charge in [-0.05, 0) is 33.2 Å². The molecule has 126 valence electrons. The van der Waals surface area contributed by atoms with Crippen molar-refractivity contribution in [2.24, 2.45) is 0 Å². The molecule has 0 bridgehead atoms. The third kappa shape index (κ3) is 3.64. The maximum absolute atomic E-state index is 6.06. The average molecular weight is 338 g/mol. The van der Waals surface area contributed by atoms with E-state index >= 15 is 0 Å². The zero-order valence-corrected chi connectivity index (χ0v) is 15.3. The van der Waals surface area contributed by atoms with E-state index in [-0.39, 0.29) is 6.01 Å². The van der Waals surface area contributed by atoms with Crippen molar-refractivity contribution >= 4 is 25.8 Å². The molecular formula is C15H23BN2O4S. The SMILES string of the molecule is COc1ncc(C=C(CS)B2OC(C)(C)C(C)(C)O2)c(OC)n1. The third-order valence-corrected chi connectivity index (χ3v) is 4.58. The smallest absolute Gasteiger partial charge is 0.480 e. The summed E-state index contributed by atoms with van der Waals surface area (Å²) in [6.45, 7) is 8.06. The van der Waals surface area contributed by atoms with Crippen LogP contribution in [0.3, 0.4) is 0 Å². The zero-order chi connectivity index (χ0) is 17.3. The summed E-state index contributed by atoms with van der Waals surface area (Å²) in [6, 6.07) is 0.252. The van der Waals surface area contributed by atoms with Gasteiger partial charge in [-0.15, -0.1) is 0 Å². The van der Waals surface area contributed by atoms with Crippen LogP contribution >= 0.6 is 12.6 Å². The monoisotopic (exact) mass is 338 g/mol. The van der Waals surface area contributed by atoms with Crippen molar-refractivity contribution in [2.75, 3.05) is 20.0 Å². The van der Waals surface area contributed by atoms with Gasteiger partial charge in [0.25, 0.3) is 0 Å². The van der Waals surface area contributed by atoms with Crippen LogP contribution in [-0.2, 0) is 9.31 Å². The second kappa shape index (κ2) is 6.71. The van der Waals surface area contributed by atoms with Crippen molar-refractivity contribution in [1.82, 2.24) is 9.97 Å². The van der Waals surface area contributed by atoms with E-state index in [0.29, 0.717) is 17.2 Å². The fourth-order valence-electron chi connectivity index (χ4n) is 2.10. The molecule has 0 amide bonds. The highest BCUT2D eigenvalue weighted by Gasteiger charge is 2.52. The lowest BCUT2D eigenvalue weighted by molar-refractivity contribution is 0.00578. The minimum Gasteiger partial charge on any atom is -0.480 e. The summed E-state index contributed by atoms with van der Waals surface area (Å²) >= 11 is 4.40. The van der Waals surface area contributed by atoms with Crippen LogP contribution in [0.25, 0.3) is 6.08 Å². The molecular weight excluding hydrogens is 315 g/mol. The Hall–Kier alpha value is -1.25. The molecule has 1 aromatic heterocycles. The van der Waals surface area contributed by atoms with E-state index in [0.717, 1.165) is 5.47 Å². The van der Waals surface area contributed by atoms with E-state index in [4.69, 9.17) is 18.8 Å². The van der Waals surface area contributed by atoms with Gasteiger partial charge >= 0.3 is 13.1 Å². The predicted octanol–water partition coefficient (Wildman–Crippen LogP) is 2.44. The second-order valence-corrected chi connectivity index (χ2v) is 6.60. The Kier molecular flexibility index (Phi) is 5.28. The molecule has 2 rings (SSSR count). The highest BCUT2D eigenvalue weighted by molar-refractivity contribution is 7.80. The molecule has 0 N–H and O–H groups in total. The highest BCUT2D eigenvalue weighted by atomic mass is 32.1. The van der Waals surface area contributed by atoms with Crippen LogP contribution in [0.15, 0.2) is 11.7 Å². The van der Waals surface area contributed by atoms with Crippen LogP contribution < -0.4 is 9.47 Å². The van der Waals surface area contributed by atoms with Gasteiger partial charge in [0.2, 0.25) is 5.88 Å². The summed E-state index contributed by atoms with van der Waals surface area (Å²) in [6.07, 6.45) is 3.52. The van der Waals surface area contributed by atoms with Gasteiger partial charge in [0.1, 0.15) is 0 Å². The van der Waals surface area contributed by atoms with E-state index in [2.05, 4.69) is 22.6 Å². The topological polar surface area (TPSA) is 62.7 Å². The minimum absolute atomic E-state index is 0.252. The van der Waals surface area contributed by atoms with E-state index in [9.17, 15) is 0 Å². The first-order chi connectivity index (χ1) is 10.7. The Balaban J connectivity index is 2.33. The molecule has 1 fully saturated rings. The third-order valence-electron chi connectivity index (χ3n) is 4.21. The molecule has 6 nitrogen and oxygen atoms in total. The first kappa shape index (κ1) is 18.1. The number of hydrogen-bond acceptors (Lipinski definition) is 7. The Morgan fingerprint density at radius 3 is 2.30 bits per heavy atom. The van der Waals surface area contributed by atoms with E-state index in [1.165, 1.54) is 7.11 Å². The molecule has 0 unspecified atom stereocenters. The maximum Gasteiger partial charge on any atom is 0.491 e. The van der Waals surface area contributed by atoms with Crippen molar-refractivity contribution in [2.45, 2.75) is 38.9 Å². The quantitative estimate of drug-likeness (QED) is 0.657. The number of hydrogen-bond donors (Lipinski definition) is 1. The van der Waals surface area contributed by atoms with Gasteiger partial charge in [-0.25, -0.2) is 4.98 Å². The van der Waals surface area contributed by atoms with Crippen molar-refractivity contribution < 1.29 is 18.8 Å². The van der Waals surface area contributed by atoms with Crippen molar-refractivity contribution in [3.63, 3.8) is 0 Å². The molecule has 0 saturated carbocycles. The Labute approximate surface area is 143 Å². The van der Waals surface area contributed by atoms with E-state index in [1.807, 2.05) is 33.8 Å². The summed E-state index contributed by atoms with van der Waals surface area (Å²) in [7, 11) is 2.59. The van der Waals surface area contributed by atoms with Gasteiger partial charge < -0.3 is 18.8 Å². The van der Waals surface area contributed by atoms with Gasteiger partial charge in [-0.1, -0.05) is 6.08 Å². The summed E-state index contributed by atoms with van der Waals surface area (Å²) in [5.74, 6) is 0.902. The minimum atomic E-state index is -0.468. The number of nitrogens with zero attached hydrogens (tertiary/aromatic N) is 2. The standard InChI is InChI=1S/C15H23BN2O4S/c1-14(2)15(3,4)22-16(21-14)11(9-23)7-10-8-17-13(20-6)18-12(10)19-5/h7-8,23H,9H2,1-6H3. The Bertz CT molecular complexity index is 591. The van der Waals surface area contributed by atoms with E-state index < -0.39 is 18.3 Å². The molecule has 0 atom stereocenters. The van der Waals surface area contributed by atoms with Crippen molar-refractivity contribution in [3.8, 4) is 11.9 Å². The van der Waals surface area contributed by atoms with Crippen LogP contribution in [-0.4, -0.2) is 48.3 Å². The van der Waals surface area contributed by atoms with Gasteiger partial charge in [-0.3, -0.25) is 0 Å². The van der Waals surface area contributed by atoms with Crippen LogP contribution in [0, 0.1) is 0 Å². The lowest BCUT2D eigenvalue weighted by Gasteiger charge is -2.32. The predicted molar refractivity (Wildman–Crippen MR) is 93.0 cm³/mol. The molecule has 23 heavy (non-hydrogen) atoms. The van der Waals surface area contributed by atoms with Gasteiger partial charge in [-0.2, -0.15) is 17.6 Å². The lowest BCUT2D eigenvalue weighted by atomic mass is 9.78. The van der Waals surface area contributed by atoms with Crippen LogP contribution in [0.2, 0.25) is 0 Å². The summed E-state index contributed by atoms with van der Waals surface area (Å²) in [4.78, 5) is 8.29. The molecule has 1 aliphatic heterocycles. The van der Waals surface area contributed by atoms with Crippen molar-refractivity contribution in [3.05, 3.63) is 17.2 Å². The number of ether oxygens (including phenoxy) is 2. The molecule has 1 saturated heterocycles. The average Bonchev–Trinajstić information content (AvgIpc) is 2.72. The Morgan fingerprint density at radius 2 is 1.83 bits per heavy atom. The number of aromatic nitrogens is 2. The molecule has 8 heteroatoms. The number of rotatable bonds is 5. The molecule has 0 aliphatic carbocycles. The number of methoxy groups -OCH3 is 2. The lowest BCUT2D eigenvalue weighted by Crippen LogP contribution is -2.41. The van der Waals surface area contributed by atoms with Crippen LogP contribution in [0.1, 0.15) is 33.3 Å². The molecule has 1 aromatic rings. The first-order valence-corrected chi connectivity index (χ1v) is 7.99. The second-order valence-electron chi connectivity index (χ2n) is 6.29. The molecule has 0 aromatic carbocycles. The van der Waals surface area contributed by atoms with E-state index in [1.54, 1.807) is 13.3 Å². The normalized spacial score (nSPS) is 19.8. The Morgan fingerprint density at radius 1 is 1.22 bits per heavy atom. The van der Waals surface area contributed by atoms with Gasteiger partial charge in [0.15, 0.2) is 0 Å². The fourth-order valence-corrected chi connectivity index (χ4v) is 2.34. The van der Waals surface area contributed by atoms with Crippen LogP contribution in [0.4, 0.5) is 0 Å². The largest absolute Gasteiger partial charge is 0.491 e. The number of thiol groups is 1.